The number of nitrogens with zero attached hydrogens (tertiary/aromatic N) is 3. The highest BCUT2D eigenvalue weighted by molar-refractivity contribution is 6.34. The summed E-state index contributed by atoms with van der Waals surface area (Å²) in [6.07, 6.45) is 0. The van der Waals surface area contributed by atoms with Crippen molar-refractivity contribution >= 4 is 29.2 Å². The number of benzene rings is 2. The molecule has 1 aromatic heterocycles. The van der Waals surface area contributed by atoms with E-state index in [1.54, 1.807) is 24.3 Å². The molecule has 1 N–H and O–H groups in total. The van der Waals surface area contributed by atoms with Crippen LogP contribution < -0.4 is 5.32 Å². The molecule has 0 unspecified atom stereocenters. The molecule has 1 amide bonds. The monoisotopic (exact) mass is 344 g/mol. The van der Waals surface area contributed by atoms with Gasteiger partial charge in [0, 0.05) is 17.7 Å². The van der Waals surface area contributed by atoms with Crippen LogP contribution in [0.5, 0.6) is 0 Å². The SMILES string of the molecule is O=C(Nc1nnc(-c2ccccc2)o1)c1cc([N+](=O)[O-])ccc1Cl. The molecule has 0 fully saturated rings. The highest BCUT2D eigenvalue weighted by atomic mass is 35.5. The molecule has 0 aliphatic rings. The molecule has 0 atom stereocenters. The van der Waals surface area contributed by atoms with Crippen molar-refractivity contribution in [3.05, 3.63) is 69.2 Å². The van der Waals surface area contributed by atoms with Crippen LogP contribution in [0.15, 0.2) is 52.9 Å². The van der Waals surface area contributed by atoms with Crippen molar-refractivity contribution in [1.29, 1.82) is 0 Å². The number of amides is 1. The summed E-state index contributed by atoms with van der Waals surface area (Å²) >= 11 is 5.91. The average molecular weight is 345 g/mol. The zero-order valence-corrected chi connectivity index (χ0v) is 12.7. The van der Waals surface area contributed by atoms with E-state index in [2.05, 4.69) is 15.5 Å². The fraction of sp³-hybridized carbons (Fsp3) is 0. The first-order valence-electron chi connectivity index (χ1n) is 6.69. The molecular weight excluding hydrogens is 336 g/mol. The zero-order chi connectivity index (χ0) is 17.1. The molecule has 0 saturated heterocycles. The second kappa shape index (κ2) is 6.47. The van der Waals surface area contributed by atoms with Gasteiger partial charge in [-0.25, -0.2) is 0 Å². The first-order valence-corrected chi connectivity index (χ1v) is 7.06. The van der Waals surface area contributed by atoms with Gasteiger partial charge in [0.1, 0.15) is 0 Å². The van der Waals surface area contributed by atoms with E-state index in [9.17, 15) is 14.9 Å². The lowest BCUT2D eigenvalue weighted by Crippen LogP contribution is -2.13. The van der Waals surface area contributed by atoms with Gasteiger partial charge in [0.2, 0.25) is 5.89 Å². The Morgan fingerprint density at radius 3 is 2.62 bits per heavy atom. The minimum Gasteiger partial charge on any atom is -0.403 e. The average Bonchev–Trinajstić information content (AvgIpc) is 3.04. The van der Waals surface area contributed by atoms with Gasteiger partial charge in [-0.1, -0.05) is 34.9 Å². The van der Waals surface area contributed by atoms with Gasteiger partial charge in [-0.3, -0.25) is 20.2 Å². The number of hydrogen-bond donors (Lipinski definition) is 1. The fourth-order valence-corrected chi connectivity index (χ4v) is 2.14. The Bertz CT molecular complexity index is 911. The molecule has 0 aliphatic heterocycles. The fourth-order valence-electron chi connectivity index (χ4n) is 1.94. The quantitative estimate of drug-likeness (QED) is 0.572. The lowest BCUT2D eigenvalue weighted by Gasteiger charge is -2.03. The number of non-ortho nitro benzene ring substituents is 1. The van der Waals surface area contributed by atoms with Crippen molar-refractivity contribution < 1.29 is 14.1 Å². The lowest BCUT2D eigenvalue weighted by molar-refractivity contribution is -0.384. The minimum absolute atomic E-state index is 0.0645. The van der Waals surface area contributed by atoms with Crippen molar-refractivity contribution in [2.24, 2.45) is 0 Å². The predicted octanol–water partition coefficient (Wildman–Crippen LogP) is 3.55. The summed E-state index contributed by atoms with van der Waals surface area (Å²) in [5, 5.41) is 20.8. The summed E-state index contributed by atoms with van der Waals surface area (Å²) < 4.78 is 5.35. The van der Waals surface area contributed by atoms with E-state index >= 15 is 0 Å². The minimum atomic E-state index is -0.688. The summed E-state index contributed by atoms with van der Waals surface area (Å²) in [7, 11) is 0. The Morgan fingerprint density at radius 1 is 1.17 bits per heavy atom. The molecule has 9 heteroatoms. The maximum Gasteiger partial charge on any atom is 0.322 e. The summed E-state index contributed by atoms with van der Waals surface area (Å²) in [4.78, 5) is 22.4. The molecule has 3 rings (SSSR count). The third-order valence-electron chi connectivity index (χ3n) is 3.07. The van der Waals surface area contributed by atoms with Gasteiger partial charge >= 0.3 is 6.01 Å². The third kappa shape index (κ3) is 3.23. The van der Waals surface area contributed by atoms with Crippen LogP contribution in [0.4, 0.5) is 11.7 Å². The highest BCUT2D eigenvalue weighted by Gasteiger charge is 2.18. The number of carbonyl (C=O) groups excluding carboxylic acids is 1. The van der Waals surface area contributed by atoms with Crippen LogP contribution in [0.1, 0.15) is 10.4 Å². The van der Waals surface area contributed by atoms with E-state index in [-0.39, 0.29) is 28.2 Å². The van der Waals surface area contributed by atoms with Crippen LogP contribution in [0.3, 0.4) is 0 Å². The van der Waals surface area contributed by atoms with Crippen LogP contribution in [0.2, 0.25) is 5.02 Å². The van der Waals surface area contributed by atoms with Gasteiger partial charge in [-0.2, -0.15) is 0 Å². The zero-order valence-electron chi connectivity index (χ0n) is 12.0. The van der Waals surface area contributed by atoms with E-state index in [4.69, 9.17) is 16.0 Å². The van der Waals surface area contributed by atoms with Gasteiger partial charge in [-0.05, 0) is 18.2 Å². The second-order valence-corrected chi connectivity index (χ2v) is 5.06. The number of aromatic nitrogens is 2. The number of rotatable bonds is 4. The van der Waals surface area contributed by atoms with Gasteiger partial charge in [0.15, 0.2) is 0 Å². The Labute approximate surface area is 140 Å². The summed E-state index contributed by atoms with van der Waals surface area (Å²) in [5.41, 5.74) is 0.379. The molecule has 8 nitrogen and oxygen atoms in total. The molecule has 120 valence electrons. The van der Waals surface area contributed by atoms with E-state index in [0.717, 1.165) is 6.07 Å². The molecule has 0 saturated carbocycles. The Hall–Kier alpha value is -3.26. The van der Waals surface area contributed by atoms with Gasteiger partial charge < -0.3 is 4.42 Å². The van der Waals surface area contributed by atoms with Crippen molar-refractivity contribution in [3.63, 3.8) is 0 Å². The van der Waals surface area contributed by atoms with Crippen LogP contribution in [-0.4, -0.2) is 21.0 Å². The van der Waals surface area contributed by atoms with Crippen LogP contribution in [-0.2, 0) is 0 Å². The molecule has 2 aromatic carbocycles. The molecule has 1 heterocycles. The molecule has 3 aromatic rings. The largest absolute Gasteiger partial charge is 0.403 e. The maximum atomic E-state index is 12.2. The van der Waals surface area contributed by atoms with E-state index in [0.29, 0.717) is 5.56 Å². The number of halogens is 1. The third-order valence-corrected chi connectivity index (χ3v) is 3.40. The molecule has 0 spiro atoms. The predicted molar refractivity (Wildman–Crippen MR) is 85.8 cm³/mol. The Kier molecular flexibility index (Phi) is 4.21. The van der Waals surface area contributed by atoms with Gasteiger partial charge in [0.05, 0.1) is 15.5 Å². The number of carbonyl (C=O) groups is 1. The van der Waals surface area contributed by atoms with Crippen LogP contribution in [0, 0.1) is 10.1 Å². The standard InChI is InChI=1S/C15H9ClN4O4/c16-12-7-6-10(20(22)23)8-11(12)13(21)17-15-19-18-14(24-15)9-4-2-1-3-5-9/h1-8H,(H,17,19,21). The normalized spacial score (nSPS) is 10.4. The van der Waals surface area contributed by atoms with Crippen molar-refractivity contribution in [2.45, 2.75) is 0 Å². The number of nitro benzene ring substituents is 1. The van der Waals surface area contributed by atoms with Crippen LogP contribution >= 0.6 is 11.6 Å². The summed E-state index contributed by atoms with van der Waals surface area (Å²) in [5.74, 6) is -0.456. The van der Waals surface area contributed by atoms with Crippen LogP contribution in [0.25, 0.3) is 11.5 Å². The second-order valence-electron chi connectivity index (χ2n) is 4.65. The number of hydrogen-bond acceptors (Lipinski definition) is 6. The first kappa shape index (κ1) is 15.6. The first-order chi connectivity index (χ1) is 11.5. The number of nitrogens with one attached hydrogen (secondary N) is 1. The topological polar surface area (TPSA) is 111 Å². The van der Waals surface area contributed by atoms with E-state index < -0.39 is 10.8 Å². The lowest BCUT2D eigenvalue weighted by atomic mass is 10.2. The van der Waals surface area contributed by atoms with Crippen molar-refractivity contribution in [3.8, 4) is 11.5 Å². The number of nitro groups is 1. The van der Waals surface area contributed by atoms with Gasteiger partial charge in [-0.15, -0.1) is 5.10 Å². The number of anilines is 1. The van der Waals surface area contributed by atoms with E-state index in [1.807, 2.05) is 6.07 Å². The maximum absolute atomic E-state index is 12.2. The van der Waals surface area contributed by atoms with E-state index in [1.165, 1.54) is 12.1 Å². The molecule has 0 radical (unpaired) electrons. The summed E-state index contributed by atoms with van der Waals surface area (Å²) in [6.45, 7) is 0. The smallest absolute Gasteiger partial charge is 0.322 e. The van der Waals surface area contributed by atoms with Crippen molar-refractivity contribution in [2.75, 3.05) is 5.32 Å². The Morgan fingerprint density at radius 2 is 1.92 bits per heavy atom. The Balaban J connectivity index is 1.82. The summed E-state index contributed by atoms with van der Waals surface area (Å²) in [6, 6.07) is 12.4. The molecule has 0 bridgehead atoms. The van der Waals surface area contributed by atoms with Gasteiger partial charge in [0.25, 0.3) is 11.6 Å². The molecular formula is C15H9ClN4O4. The molecule has 0 aliphatic carbocycles. The highest BCUT2D eigenvalue weighted by Crippen LogP contribution is 2.24. The molecule has 24 heavy (non-hydrogen) atoms. The van der Waals surface area contributed by atoms with Crippen molar-refractivity contribution in [1.82, 2.24) is 10.2 Å².